The number of fused-ring (bicyclic) bond motifs is 1. The molecule has 14 nitrogen and oxygen atoms in total. The summed E-state index contributed by atoms with van der Waals surface area (Å²) in [5.74, 6) is -3.17. The highest BCUT2D eigenvalue weighted by Gasteiger charge is 2.54. The highest BCUT2D eigenvalue weighted by atomic mass is 16.7. The molecule has 1 aliphatic heterocycles. The Morgan fingerprint density at radius 3 is 1.58 bits per heavy atom. The molecule has 1 aliphatic rings. The molecule has 0 radical (unpaired) electrons. The number of ether oxygens (including phenoxy) is 8. The Balaban J connectivity index is 1.18. The molecule has 7 aromatic rings. The minimum absolute atomic E-state index is 0.0408. The molecule has 1 fully saturated rings. The van der Waals surface area contributed by atoms with Gasteiger partial charge in [-0.1, -0.05) is 142 Å². The molecule has 370 valence electrons. The van der Waals surface area contributed by atoms with Gasteiger partial charge in [0.05, 0.1) is 34.2 Å². The molecular weight excluding hydrogens is 921 g/mol. The van der Waals surface area contributed by atoms with Crippen LogP contribution in [0.5, 0.6) is 17.2 Å². The standard InChI is InChI=1S/C58H54O14/c1-2-3-4-5-6-22-35-64-51-48(65-37-39-23-12-7-13-24-39)45-34-33-44(36-46(45)68-57(51)63)67-58-52(72-56(62)43-31-20-11-21-32-43)50(71-55(61)42-29-18-10-19-30-42)49(70-54(60)41-27-16-9-17-28-41)47(69-58)38-66-53(59)40-25-14-8-15-26-40/h7-21,23-34,36,47,49-50,52,58H,2-6,22,35,37-38H2,1H3/t47-,49-,50+,52-,58-/m1/s1. The fourth-order valence-corrected chi connectivity index (χ4v) is 8.02. The third-order valence-electron chi connectivity index (χ3n) is 11.8. The number of rotatable bonds is 22. The SMILES string of the molecule is CCCCCCCCOc1c(OCc2ccccc2)c2ccc(O[C@@H]3O[C@H](COC(=O)c4ccccc4)[C@@H](OC(=O)c4ccccc4)[C@H](OC(=O)c4ccccc4)[C@H]3OC(=O)c3ccccc3)cc2oc1=O. The summed E-state index contributed by atoms with van der Waals surface area (Å²) < 4.78 is 55.7. The molecule has 0 bridgehead atoms. The molecule has 0 unspecified atom stereocenters. The third kappa shape index (κ3) is 13.1. The van der Waals surface area contributed by atoms with Gasteiger partial charge in [0.2, 0.25) is 18.1 Å². The zero-order valence-electron chi connectivity index (χ0n) is 39.6. The minimum Gasteiger partial charge on any atom is -0.484 e. The summed E-state index contributed by atoms with van der Waals surface area (Å²) in [4.78, 5) is 69.4. The predicted molar refractivity (Wildman–Crippen MR) is 265 cm³/mol. The summed E-state index contributed by atoms with van der Waals surface area (Å²) in [7, 11) is 0. The molecule has 1 aromatic heterocycles. The monoisotopic (exact) mass is 974 g/mol. The van der Waals surface area contributed by atoms with Crippen LogP contribution in [0.3, 0.4) is 0 Å². The average molecular weight is 975 g/mol. The van der Waals surface area contributed by atoms with Gasteiger partial charge >= 0.3 is 29.5 Å². The third-order valence-corrected chi connectivity index (χ3v) is 11.8. The molecule has 8 rings (SSSR count). The van der Waals surface area contributed by atoms with E-state index in [0.717, 1.165) is 44.1 Å². The molecule has 0 aliphatic carbocycles. The van der Waals surface area contributed by atoms with Gasteiger partial charge in [-0.25, -0.2) is 24.0 Å². The van der Waals surface area contributed by atoms with E-state index in [4.69, 9.17) is 42.3 Å². The average Bonchev–Trinajstić information content (AvgIpc) is 3.42. The van der Waals surface area contributed by atoms with Crippen LogP contribution < -0.4 is 19.8 Å². The van der Waals surface area contributed by atoms with Crippen molar-refractivity contribution in [2.24, 2.45) is 0 Å². The van der Waals surface area contributed by atoms with Crippen LogP contribution in [0.1, 0.15) is 92.4 Å². The second-order valence-corrected chi connectivity index (χ2v) is 16.9. The van der Waals surface area contributed by atoms with Crippen LogP contribution in [0.15, 0.2) is 179 Å². The van der Waals surface area contributed by atoms with E-state index in [2.05, 4.69) is 6.92 Å². The van der Waals surface area contributed by atoms with Crippen molar-refractivity contribution in [1.29, 1.82) is 0 Å². The molecule has 14 heteroatoms. The molecule has 2 heterocycles. The maximum atomic E-state index is 14.1. The normalized spacial score (nSPS) is 17.3. The van der Waals surface area contributed by atoms with Crippen molar-refractivity contribution < 1.29 is 61.5 Å². The zero-order valence-corrected chi connectivity index (χ0v) is 39.6. The van der Waals surface area contributed by atoms with Crippen LogP contribution in [0.4, 0.5) is 0 Å². The van der Waals surface area contributed by atoms with E-state index < -0.39 is 66.8 Å². The number of carbonyl (C=O) groups excluding carboxylic acids is 4. The Hall–Kier alpha value is -8.23. The highest BCUT2D eigenvalue weighted by Crippen LogP contribution is 2.38. The molecule has 0 N–H and O–H groups in total. The maximum Gasteiger partial charge on any atom is 0.383 e. The lowest BCUT2D eigenvalue weighted by Crippen LogP contribution is -2.63. The summed E-state index contributed by atoms with van der Waals surface area (Å²) in [6, 6.07) is 46.4. The van der Waals surface area contributed by atoms with Crippen molar-refractivity contribution >= 4 is 34.8 Å². The quantitative estimate of drug-likeness (QED) is 0.0272. The molecule has 0 saturated carbocycles. The van der Waals surface area contributed by atoms with E-state index in [1.807, 2.05) is 30.3 Å². The molecule has 1 saturated heterocycles. The lowest BCUT2D eigenvalue weighted by molar-refractivity contribution is -0.275. The van der Waals surface area contributed by atoms with Crippen molar-refractivity contribution in [2.75, 3.05) is 13.2 Å². The number of benzene rings is 6. The van der Waals surface area contributed by atoms with Crippen LogP contribution in [0.2, 0.25) is 0 Å². The molecular formula is C58H54O14. The van der Waals surface area contributed by atoms with Gasteiger partial charge in [-0.05, 0) is 72.6 Å². The molecule has 72 heavy (non-hydrogen) atoms. The summed E-state index contributed by atoms with van der Waals surface area (Å²) in [6.07, 6.45) is -1.90. The lowest BCUT2D eigenvalue weighted by atomic mass is 9.97. The van der Waals surface area contributed by atoms with Crippen LogP contribution in [-0.2, 0) is 30.3 Å². The van der Waals surface area contributed by atoms with Crippen molar-refractivity contribution in [3.8, 4) is 17.2 Å². The summed E-state index contributed by atoms with van der Waals surface area (Å²) in [5, 5.41) is 0.390. The van der Waals surface area contributed by atoms with Crippen molar-refractivity contribution in [3.05, 3.63) is 208 Å². The molecule has 5 atom stereocenters. The molecule has 0 spiro atoms. The highest BCUT2D eigenvalue weighted by molar-refractivity contribution is 5.92. The van der Waals surface area contributed by atoms with Crippen LogP contribution in [0, 0.1) is 0 Å². The Kier molecular flexibility index (Phi) is 17.5. The van der Waals surface area contributed by atoms with E-state index in [0.29, 0.717) is 5.39 Å². The Morgan fingerprint density at radius 2 is 1.01 bits per heavy atom. The van der Waals surface area contributed by atoms with Crippen LogP contribution in [-0.4, -0.2) is 67.8 Å². The summed E-state index contributed by atoms with van der Waals surface area (Å²) in [5.41, 5.74) is 0.741. The van der Waals surface area contributed by atoms with Crippen LogP contribution >= 0.6 is 0 Å². The summed E-state index contributed by atoms with van der Waals surface area (Å²) in [6.45, 7) is 1.99. The lowest BCUT2D eigenvalue weighted by Gasteiger charge is -2.44. The smallest absolute Gasteiger partial charge is 0.383 e. The molecule has 6 aromatic carbocycles. The van der Waals surface area contributed by atoms with E-state index >= 15 is 0 Å². The first-order chi connectivity index (χ1) is 35.2. The minimum atomic E-state index is -1.68. The van der Waals surface area contributed by atoms with Gasteiger partial charge < -0.3 is 42.3 Å². The largest absolute Gasteiger partial charge is 0.484 e. The van der Waals surface area contributed by atoms with Crippen LogP contribution in [0.25, 0.3) is 11.0 Å². The fourth-order valence-electron chi connectivity index (χ4n) is 8.02. The van der Waals surface area contributed by atoms with Gasteiger partial charge in [0.15, 0.2) is 18.0 Å². The van der Waals surface area contributed by atoms with E-state index in [-0.39, 0.29) is 58.3 Å². The number of carbonyl (C=O) groups is 4. The predicted octanol–water partition coefficient (Wildman–Crippen LogP) is 10.7. The first kappa shape index (κ1) is 50.2. The van der Waals surface area contributed by atoms with E-state index in [9.17, 15) is 24.0 Å². The maximum absolute atomic E-state index is 14.1. The van der Waals surface area contributed by atoms with Gasteiger partial charge in [-0.2, -0.15) is 0 Å². The fraction of sp³-hybridized carbons (Fsp3) is 0.259. The van der Waals surface area contributed by atoms with Crippen molar-refractivity contribution in [3.63, 3.8) is 0 Å². The Morgan fingerprint density at radius 1 is 0.514 bits per heavy atom. The number of hydrogen-bond donors (Lipinski definition) is 0. The zero-order chi connectivity index (χ0) is 50.1. The van der Waals surface area contributed by atoms with Gasteiger partial charge in [0.1, 0.15) is 30.7 Å². The summed E-state index contributed by atoms with van der Waals surface area (Å²) >= 11 is 0. The number of unbranched alkanes of at least 4 members (excludes halogenated alkanes) is 5. The van der Waals surface area contributed by atoms with Crippen molar-refractivity contribution in [2.45, 2.75) is 82.8 Å². The topological polar surface area (TPSA) is 172 Å². The van der Waals surface area contributed by atoms with E-state index in [1.165, 1.54) is 42.5 Å². The first-order valence-corrected chi connectivity index (χ1v) is 24.0. The van der Waals surface area contributed by atoms with E-state index in [1.54, 1.807) is 97.1 Å². The van der Waals surface area contributed by atoms with Gasteiger partial charge in [0.25, 0.3) is 0 Å². The van der Waals surface area contributed by atoms with Crippen molar-refractivity contribution in [1.82, 2.24) is 0 Å². The Labute approximate surface area is 416 Å². The van der Waals surface area contributed by atoms with Gasteiger partial charge in [-0.3, -0.25) is 0 Å². The molecule has 0 amide bonds. The Bertz CT molecular complexity index is 2930. The second-order valence-electron chi connectivity index (χ2n) is 16.9. The number of hydrogen-bond acceptors (Lipinski definition) is 14. The number of esters is 4. The second kappa shape index (κ2) is 25.1. The van der Waals surface area contributed by atoms with Gasteiger partial charge in [0, 0.05) is 6.07 Å². The van der Waals surface area contributed by atoms with Gasteiger partial charge in [-0.15, -0.1) is 0 Å². The first-order valence-electron chi connectivity index (χ1n) is 24.0.